The number of nitrogens with zero attached hydrogens (tertiary/aromatic N) is 3. The van der Waals surface area contributed by atoms with Crippen molar-refractivity contribution in [3.8, 4) is 0 Å². The van der Waals surface area contributed by atoms with Gasteiger partial charge in [0, 0.05) is 6.20 Å². The number of hydrogen-bond donors (Lipinski definition) is 0. The van der Waals surface area contributed by atoms with Crippen molar-refractivity contribution in [2.45, 2.75) is 65.3 Å². The Kier molecular flexibility index (Phi) is 4.77. The Labute approximate surface area is 136 Å². The van der Waals surface area contributed by atoms with Gasteiger partial charge in [-0.2, -0.15) is 0 Å². The maximum Gasteiger partial charge on any atom is 0.496 e. The minimum atomic E-state index is -2.06. The summed E-state index contributed by atoms with van der Waals surface area (Å²) >= 11 is 0. The van der Waals surface area contributed by atoms with Crippen LogP contribution >= 0.6 is 0 Å². The Bertz CT molecular complexity index is 574. The van der Waals surface area contributed by atoms with Crippen molar-refractivity contribution >= 4 is 5.71 Å². The van der Waals surface area contributed by atoms with Gasteiger partial charge < -0.3 is 5.21 Å². The molecule has 1 aliphatic heterocycles. The van der Waals surface area contributed by atoms with Crippen LogP contribution in [0.3, 0.4) is 0 Å². The van der Waals surface area contributed by atoms with Crippen molar-refractivity contribution < 1.29 is 19.4 Å². The molecule has 0 atom stereocenters. The molecule has 1 aliphatic rings. The Morgan fingerprint density at radius 2 is 1.74 bits per heavy atom. The van der Waals surface area contributed by atoms with Crippen LogP contribution in [-0.2, 0) is 14.7 Å². The zero-order chi connectivity index (χ0) is 17.4. The van der Waals surface area contributed by atoms with Gasteiger partial charge in [-0.1, -0.05) is 6.07 Å². The normalized spacial score (nSPS) is 20.7. The van der Waals surface area contributed by atoms with Crippen LogP contribution in [0, 0.1) is 5.21 Å². The standard InChI is InChI=1S/C16H24N3O4/c1-11(2)22-16(23-12(3)4)18(20)14(15(5,6)19(16)21)13-9-7-8-10-17-13/h7-12H,1-6H3. The SMILES string of the molecule is CC(C)OC1(OC(C)C)N([O])C(C)(C)C(c2ccccn2)=[N+]1[O-]. The lowest BCUT2D eigenvalue weighted by Crippen LogP contribution is -2.59. The lowest BCUT2D eigenvalue weighted by Gasteiger charge is -2.34. The lowest BCUT2D eigenvalue weighted by atomic mass is 9.96. The molecule has 1 aromatic heterocycles. The molecule has 0 aliphatic carbocycles. The molecular formula is C16H24N3O4. The first kappa shape index (κ1) is 17.8. The van der Waals surface area contributed by atoms with Crippen LogP contribution in [0.2, 0.25) is 0 Å². The number of aromatic nitrogens is 1. The van der Waals surface area contributed by atoms with Crippen molar-refractivity contribution in [3.05, 3.63) is 35.3 Å². The minimum absolute atomic E-state index is 0.217. The van der Waals surface area contributed by atoms with E-state index in [1.165, 1.54) is 0 Å². The highest BCUT2D eigenvalue weighted by Crippen LogP contribution is 2.38. The second kappa shape index (κ2) is 6.16. The molecule has 2 heterocycles. The second-order valence-corrected chi connectivity index (χ2v) is 6.59. The number of hydrogen-bond acceptors (Lipinski definition) is 5. The first-order valence-corrected chi connectivity index (χ1v) is 7.72. The largest absolute Gasteiger partial charge is 0.618 e. The number of hydroxylamine groups is 3. The van der Waals surface area contributed by atoms with Gasteiger partial charge in [-0.25, -0.2) is 0 Å². The monoisotopic (exact) mass is 322 g/mol. The third-order valence-electron chi connectivity index (χ3n) is 3.49. The average molecular weight is 322 g/mol. The highest BCUT2D eigenvalue weighted by atomic mass is 16.8. The molecule has 0 saturated carbocycles. The first-order chi connectivity index (χ1) is 10.6. The van der Waals surface area contributed by atoms with Crippen molar-refractivity contribution in [2.75, 3.05) is 0 Å². The number of rotatable bonds is 5. The summed E-state index contributed by atoms with van der Waals surface area (Å²) < 4.78 is 11.9. The smallest absolute Gasteiger partial charge is 0.496 e. The van der Waals surface area contributed by atoms with Crippen LogP contribution in [-0.4, -0.2) is 44.3 Å². The van der Waals surface area contributed by atoms with Gasteiger partial charge in [0.25, 0.3) is 0 Å². The van der Waals surface area contributed by atoms with E-state index in [-0.39, 0.29) is 17.9 Å². The van der Waals surface area contributed by atoms with Gasteiger partial charge in [0.1, 0.15) is 11.2 Å². The molecule has 0 bridgehead atoms. The van der Waals surface area contributed by atoms with Crippen LogP contribution in [0.25, 0.3) is 0 Å². The van der Waals surface area contributed by atoms with Crippen LogP contribution in [0.1, 0.15) is 47.2 Å². The Morgan fingerprint density at radius 3 is 2.17 bits per heavy atom. The Balaban J connectivity index is 2.65. The fourth-order valence-electron chi connectivity index (χ4n) is 2.68. The van der Waals surface area contributed by atoms with E-state index in [2.05, 4.69) is 4.98 Å². The zero-order valence-corrected chi connectivity index (χ0v) is 14.4. The zero-order valence-electron chi connectivity index (χ0n) is 14.4. The van der Waals surface area contributed by atoms with Gasteiger partial charge >= 0.3 is 6.03 Å². The van der Waals surface area contributed by atoms with E-state index in [0.29, 0.717) is 15.5 Å². The molecule has 0 saturated heterocycles. The summed E-state index contributed by atoms with van der Waals surface area (Å²) in [6.45, 7) is 10.3. The molecule has 0 spiro atoms. The number of ether oxygens (including phenoxy) is 2. The molecule has 127 valence electrons. The predicted octanol–water partition coefficient (Wildman–Crippen LogP) is 2.28. The molecule has 23 heavy (non-hydrogen) atoms. The summed E-state index contributed by atoms with van der Waals surface area (Å²) in [7, 11) is 0. The average Bonchev–Trinajstić information content (AvgIpc) is 2.57. The maximum atomic E-state index is 13.1. The van der Waals surface area contributed by atoms with E-state index in [9.17, 15) is 10.4 Å². The molecule has 0 aromatic carbocycles. The van der Waals surface area contributed by atoms with Crippen LogP contribution in [0.5, 0.6) is 0 Å². The summed E-state index contributed by atoms with van der Waals surface area (Å²) in [5.41, 5.74) is -0.510. The molecule has 2 rings (SSSR count). The van der Waals surface area contributed by atoms with E-state index in [4.69, 9.17) is 9.47 Å². The van der Waals surface area contributed by atoms with Gasteiger partial charge in [-0.05, 0) is 58.7 Å². The quantitative estimate of drug-likeness (QED) is 0.472. The fraction of sp³-hybridized carbons (Fsp3) is 0.625. The van der Waals surface area contributed by atoms with Crippen LogP contribution in [0.4, 0.5) is 0 Å². The molecule has 1 aromatic rings. The van der Waals surface area contributed by atoms with Crippen molar-refractivity contribution in [1.82, 2.24) is 10.0 Å². The summed E-state index contributed by atoms with van der Waals surface area (Å²) in [5, 5.41) is 26.6. The highest BCUT2D eigenvalue weighted by Gasteiger charge is 2.68. The summed E-state index contributed by atoms with van der Waals surface area (Å²) in [5.74, 6) is 0. The summed E-state index contributed by atoms with van der Waals surface area (Å²) in [6, 6.07) is 3.15. The number of pyridine rings is 1. The van der Waals surface area contributed by atoms with E-state index >= 15 is 0 Å². The van der Waals surface area contributed by atoms with Gasteiger partial charge in [-0.15, -0.1) is 9.95 Å². The predicted molar refractivity (Wildman–Crippen MR) is 83.8 cm³/mol. The second-order valence-electron chi connectivity index (χ2n) is 6.59. The Morgan fingerprint density at radius 1 is 1.17 bits per heavy atom. The minimum Gasteiger partial charge on any atom is -0.618 e. The van der Waals surface area contributed by atoms with Gasteiger partial charge in [0.05, 0.1) is 12.2 Å². The lowest BCUT2D eigenvalue weighted by molar-refractivity contribution is -0.733. The fourth-order valence-corrected chi connectivity index (χ4v) is 2.68. The van der Waals surface area contributed by atoms with Crippen molar-refractivity contribution in [2.24, 2.45) is 0 Å². The van der Waals surface area contributed by atoms with Gasteiger partial charge in [-0.3, -0.25) is 14.5 Å². The molecular weight excluding hydrogens is 298 g/mol. The summed E-state index contributed by atoms with van der Waals surface area (Å²) in [6.07, 6.45) is 0.828. The third-order valence-corrected chi connectivity index (χ3v) is 3.49. The van der Waals surface area contributed by atoms with E-state index in [0.717, 1.165) is 0 Å². The van der Waals surface area contributed by atoms with Gasteiger partial charge in [0.2, 0.25) is 5.71 Å². The molecule has 0 unspecified atom stereocenters. The molecule has 0 fully saturated rings. The highest BCUT2D eigenvalue weighted by molar-refractivity contribution is 6.02. The van der Waals surface area contributed by atoms with E-state index in [1.54, 1.807) is 65.9 Å². The van der Waals surface area contributed by atoms with Crippen LogP contribution in [0.15, 0.2) is 24.4 Å². The summed E-state index contributed by atoms with van der Waals surface area (Å²) in [4.78, 5) is 4.21. The molecule has 1 radical (unpaired) electrons. The molecule has 7 nitrogen and oxygen atoms in total. The molecule has 0 N–H and O–H groups in total. The maximum absolute atomic E-state index is 13.1. The topological polar surface area (TPSA) is 80.6 Å². The molecule has 7 heteroatoms. The van der Waals surface area contributed by atoms with Crippen LogP contribution < -0.4 is 0 Å². The van der Waals surface area contributed by atoms with Gasteiger partial charge in [0.15, 0.2) is 0 Å². The first-order valence-electron chi connectivity index (χ1n) is 7.72. The molecule has 0 amide bonds. The van der Waals surface area contributed by atoms with Crippen molar-refractivity contribution in [1.29, 1.82) is 0 Å². The van der Waals surface area contributed by atoms with Crippen molar-refractivity contribution in [3.63, 3.8) is 0 Å². The Hall–Kier alpha value is -1.54. The van der Waals surface area contributed by atoms with E-state index in [1.807, 2.05) is 0 Å². The van der Waals surface area contributed by atoms with E-state index < -0.39 is 11.6 Å². The third kappa shape index (κ3) is 2.97.